The lowest BCUT2D eigenvalue weighted by Crippen LogP contribution is -2.35. The summed E-state index contributed by atoms with van der Waals surface area (Å²) in [5, 5.41) is 1.37. The van der Waals surface area contributed by atoms with Gasteiger partial charge in [0.15, 0.2) is 11.5 Å². The van der Waals surface area contributed by atoms with Crippen LogP contribution >= 0.6 is 0 Å². The zero-order chi connectivity index (χ0) is 20.1. The number of hydrogen-bond donors (Lipinski definition) is 1. The number of piperidine rings is 1. The fraction of sp³-hybridized carbons (Fsp3) is 0.440. The number of rotatable bonds is 8. The number of nitrogens with zero attached hydrogens (tertiary/aromatic N) is 1. The number of aryl methyl sites for hydroxylation is 1. The standard InChI is InChI=1S/C25H32N2O2/c1-28-24-13-12-19(16-25(24)29-2)21-9-7-15-27(18-21)14-6-5-8-20-17-26-23-11-4-3-10-22(20)23/h3-4,10-13,16-17,21,26H,5-9,14-15,18H2,1-2H3. The van der Waals surface area contributed by atoms with E-state index < -0.39 is 0 Å². The number of aromatic nitrogens is 1. The summed E-state index contributed by atoms with van der Waals surface area (Å²) in [7, 11) is 3.40. The monoisotopic (exact) mass is 392 g/mol. The highest BCUT2D eigenvalue weighted by Crippen LogP contribution is 2.34. The van der Waals surface area contributed by atoms with Gasteiger partial charge in [-0.15, -0.1) is 0 Å². The van der Waals surface area contributed by atoms with Crippen LogP contribution in [0.2, 0.25) is 0 Å². The molecule has 0 bridgehead atoms. The van der Waals surface area contributed by atoms with Gasteiger partial charge in [-0.25, -0.2) is 0 Å². The van der Waals surface area contributed by atoms with Gasteiger partial charge in [-0.3, -0.25) is 0 Å². The van der Waals surface area contributed by atoms with E-state index in [0.29, 0.717) is 5.92 Å². The van der Waals surface area contributed by atoms with E-state index >= 15 is 0 Å². The fourth-order valence-electron chi connectivity index (χ4n) is 4.63. The van der Waals surface area contributed by atoms with Crippen LogP contribution in [0.3, 0.4) is 0 Å². The van der Waals surface area contributed by atoms with Crippen LogP contribution in [0.4, 0.5) is 0 Å². The van der Waals surface area contributed by atoms with E-state index in [1.165, 1.54) is 60.8 Å². The van der Waals surface area contributed by atoms with Crippen LogP contribution in [0.25, 0.3) is 10.9 Å². The van der Waals surface area contributed by atoms with Crippen molar-refractivity contribution in [2.45, 2.75) is 38.0 Å². The first-order valence-corrected chi connectivity index (χ1v) is 10.8. The first-order valence-electron chi connectivity index (χ1n) is 10.8. The Morgan fingerprint density at radius 1 is 1.03 bits per heavy atom. The topological polar surface area (TPSA) is 37.5 Å². The first kappa shape index (κ1) is 19.8. The summed E-state index contributed by atoms with van der Waals surface area (Å²) in [6, 6.07) is 15.0. The van der Waals surface area contributed by atoms with E-state index in [-0.39, 0.29) is 0 Å². The summed E-state index contributed by atoms with van der Waals surface area (Å²) < 4.78 is 10.9. The Hall–Kier alpha value is -2.46. The Kier molecular flexibility index (Phi) is 6.40. The molecule has 29 heavy (non-hydrogen) atoms. The quantitative estimate of drug-likeness (QED) is 0.523. The molecule has 1 N–H and O–H groups in total. The van der Waals surface area contributed by atoms with Crippen molar-refractivity contribution in [3.63, 3.8) is 0 Å². The van der Waals surface area contributed by atoms with Crippen LogP contribution < -0.4 is 9.47 Å². The molecule has 4 nitrogen and oxygen atoms in total. The third-order valence-electron chi connectivity index (χ3n) is 6.23. The molecule has 4 heteroatoms. The molecule has 2 aromatic carbocycles. The number of fused-ring (bicyclic) bond motifs is 1. The largest absolute Gasteiger partial charge is 0.493 e. The Labute approximate surface area is 173 Å². The minimum Gasteiger partial charge on any atom is -0.493 e. The summed E-state index contributed by atoms with van der Waals surface area (Å²) in [5.41, 5.74) is 4.06. The van der Waals surface area contributed by atoms with Crippen LogP contribution in [-0.2, 0) is 6.42 Å². The van der Waals surface area contributed by atoms with E-state index in [1.54, 1.807) is 14.2 Å². The van der Waals surface area contributed by atoms with Crippen molar-refractivity contribution >= 4 is 10.9 Å². The predicted octanol–water partition coefficient (Wildman–Crippen LogP) is 5.39. The van der Waals surface area contributed by atoms with Crippen LogP contribution in [0.5, 0.6) is 11.5 Å². The van der Waals surface area contributed by atoms with Gasteiger partial charge in [-0.2, -0.15) is 0 Å². The second kappa shape index (κ2) is 9.36. The Morgan fingerprint density at radius 2 is 1.90 bits per heavy atom. The molecule has 1 saturated heterocycles. The number of benzene rings is 2. The molecule has 0 spiro atoms. The molecule has 1 unspecified atom stereocenters. The van der Waals surface area contributed by atoms with E-state index in [1.807, 2.05) is 6.07 Å². The molecular weight excluding hydrogens is 360 g/mol. The molecule has 2 heterocycles. The lowest BCUT2D eigenvalue weighted by atomic mass is 9.90. The highest BCUT2D eigenvalue weighted by molar-refractivity contribution is 5.82. The maximum Gasteiger partial charge on any atom is 0.160 e. The lowest BCUT2D eigenvalue weighted by molar-refractivity contribution is 0.204. The van der Waals surface area contributed by atoms with Gasteiger partial charge in [0.25, 0.3) is 0 Å². The van der Waals surface area contributed by atoms with Crippen molar-refractivity contribution in [3.8, 4) is 11.5 Å². The molecule has 1 aliphatic rings. The molecule has 0 radical (unpaired) electrons. The molecule has 1 fully saturated rings. The summed E-state index contributed by atoms with van der Waals surface area (Å²) in [5.74, 6) is 2.22. The van der Waals surface area contributed by atoms with Gasteiger partial charge in [0.1, 0.15) is 0 Å². The van der Waals surface area contributed by atoms with Crippen molar-refractivity contribution in [3.05, 3.63) is 59.8 Å². The number of ether oxygens (including phenoxy) is 2. The average molecular weight is 393 g/mol. The van der Waals surface area contributed by atoms with E-state index in [9.17, 15) is 0 Å². The van der Waals surface area contributed by atoms with Crippen molar-refractivity contribution in [1.82, 2.24) is 9.88 Å². The Bertz CT molecular complexity index is 933. The summed E-state index contributed by atoms with van der Waals surface area (Å²) in [6.45, 7) is 3.55. The molecule has 3 aromatic rings. The van der Waals surface area contributed by atoms with Crippen LogP contribution in [0, 0.1) is 0 Å². The van der Waals surface area contributed by atoms with Gasteiger partial charge in [0.2, 0.25) is 0 Å². The predicted molar refractivity (Wildman–Crippen MR) is 119 cm³/mol. The van der Waals surface area contributed by atoms with E-state index in [0.717, 1.165) is 24.5 Å². The highest BCUT2D eigenvalue weighted by Gasteiger charge is 2.22. The number of nitrogens with one attached hydrogen (secondary N) is 1. The molecular formula is C25H32N2O2. The van der Waals surface area contributed by atoms with Crippen LogP contribution in [0.15, 0.2) is 48.7 Å². The normalized spacial score (nSPS) is 17.5. The van der Waals surface area contributed by atoms with Gasteiger partial charge in [0.05, 0.1) is 14.2 Å². The van der Waals surface area contributed by atoms with Gasteiger partial charge < -0.3 is 19.4 Å². The maximum atomic E-state index is 5.50. The first-order chi connectivity index (χ1) is 14.3. The summed E-state index contributed by atoms with van der Waals surface area (Å²) in [6.07, 6.45) is 8.33. The number of likely N-dealkylation sites (tertiary alicyclic amines) is 1. The molecule has 0 saturated carbocycles. The van der Waals surface area contributed by atoms with E-state index in [4.69, 9.17) is 9.47 Å². The average Bonchev–Trinajstić information content (AvgIpc) is 3.19. The molecule has 0 aliphatic carbocycles. The van der Waals surface area contributed by atoms with Gasteiger partial charge in [0, 0.05) is 23.6 Å². The smallest absolute Gasteiger partial charge is 0.160 e. The number of H-pyrrole nitrogens is 1. The molecule has 4 rings (SSSR count). The van der Waals surface area contributed by atoms with Crippen LogP contribution in [-0.4, -0.2) is 43.7 Å². The molecule has 0 amide bonds. The zero-order valence-electron chi connectivity index (χ0n) is 17.6. The number of para-hydroxylation sites is 1. The third kappa shape index (κ3) is 4.59. The minimum atomic E-state index is 0.581. The number of unbranched alkanes of at least 4 members (excludes halogenated alkanes) is 1. The van der Waals surface area contributed by atoms with Crippen molar-refractivity contribution < 1.29 is 9.47 Å². The molecule has 1 aromatic heterocycles. The number of hydrogen-bond acceptors (Lipinski definition) is 3. The summed E-state index contributed by atoms with van der Waals surface area (Å²) >= 11 is 0. The van der Waals surface area contributed by atoms with Crippen molar-refractivity contribution in [2.24, 2.45) is 0 Å². The van der Waals surface area contributed by atoms with Gasteiger partial charge in [-0.05, 0) is 80.4 Å². The zero-order valence-corrected chi connectivity index (χ0v) is 17.6. The Morgan fingerprint density at radius 3 is 2.76 bits per heavy atom. The molecule has 1 atom stereocenters. The van der Waals surface area contributed by atoms with Crippen LogP contribution in [0.1, 0.15) is 42.7 Å². The van der Waals surface area contributed by atoms with E-state index in [2.05, 4.69) is 52.5 Å². The van der Waals surface area contributed by atoms with Crippen molar-refractivity contribution in [2.75, 3.05) is 33.9 Å². The Balaban J connectivity index is 1.29. The maximum absolute atomic E-state index is 5.50. The highest BCUT2D eigenvalue weighted by atomic mass is 16.5. The van der Waals surface area contributed by atoms with Gasteiger partial charge >= 0.3 is 0 Å². The molecule has 1 aliphatic heterocycles. The van der Waals surface area contributed by atoms with Crippen molar-refractivity contribution in [1.29, 1.82) is 0 Å². The van der Waals surface area contributed by atoms with Gasteiger partial charge in [-0.1, -0.05) is 24.3 Å². The third-order valence-corrected chi connectivity index (χ3v) is 6.23. The fourth-order valence-corrected chi connectivity index (χ4v) is 4.63. The number of aromatic amines is 1. The molecule has 154 valence electrons. The lowest BCUT2D eigenvalue weighted by Gasteiger charge is -2.33. The second-order valence-corrected chi connectivity index (χ2v) is 8.07. The second-order valence-electron chi connectivity index (χ2n) is 8.07. The minimum absolute atomic E-state index is 0.581. The number of methoxy groups -OCH3 is 2. The summed E-state index contributed by atoms with van der Waals surface area (Å²) in [4.78, 5) is 6.03. The SMILES string of the molecule is COc1ccc(C2CCCN(CCCCc3c[nH]c4ccccc34)C2)cc1OC.